The number of rotatable bonds is 5. The van der Waals surface area contributed by atoms with Crippen molar-refractivity contribution >= 4 is 17.1 Å². The van der Waals surface area contributed by atoms with Crippen molar-refractivity contribution in [1.29, 1.82) is 0 Å². The second-order valence-electron chi connectivity index (χ2n) is 22.5. The highest BCUT2D eigenvalue weighted by Crippen LogP contribution is 2.65. The predicted molar refractivity (Wildman–Crippen MR) is 279 cm³/mol. The highest BCUT2D eigenvalue weighted by molar-refractivity contribution is 6.02. The van der Waals surface area contributed by atoms with E-state index in [-0.39, 0.29) is 21.7 Å². The third-order valence-electron chi connectivity index (χ3n) is 16.8. The summed E-state index contributed by atoms with van der Waals surface area (Å²) in [6.45, 7) is 19.8. The zero-order valence-corrected chi connectivity index (χ0v) is 40.0. The van der Waals surface area contributed by atoms with E-state index in [4.69, 9.17) is 0 Å². The molecule has 0 saturated carbocycles. The van der Waals surface area contributed by atoms with E-state index in [2.05, 4.69) is 236 Å². The molecule has 4 aliphatic carbocycles. The molecule has 0 bridgehead atoms. The van der Waals surface area contributed by atoms with E-state index >= 15 is 0 Å². The molecule has 0 atom stereocenters. The second-order valence-corrected chi connectivity index (χ2v) is 22.5. The highest BCUT2D eigenvalue weighted by atomic mass is 15.1. The van der Waals surface area contributed by atoms with Crippen LogP contribution in [-0.2, 0) is 27.1 Å². The molecule has 0 heterocycles. The third kappa shape index (κ3) is 5.78. The van der Waals surface area contributed by atoms with Crippen molar-refractivity contribution in [3.63, 3.8) is 0 Å². The summed E-state index contributed by atoms with van der Waals surface area (Å²) < 4.78 is 0. The van der Waals surface area contributed by atoms with Crippen LogP contribution in [0.5, 0.6) is 0 Å². The van der Waals surface area contributed by atoms with Crippen LogP contribution in [0.15, 0.2) is 176 Å². The Morgan fingerprint density at radius 1 is 0.303 bits per heavy atom. The number of anilines is 3. The summed E-state index contributed by atoms with van der Waals surface area (Å²) in [6.07, 6.45) is 4.61. The van der Waals surface area contributed by atoms with E-state index in [1.165, 1.54) is 107 Å². The zero-order chi connectivity index (χ0) is 45.4. The van der Waals surface area contributed by atoms with E-state index in [1.54, 1.807) is 0 Å². The summed E-state index contributed by atoms with van der Waals surface area (Å²) >= 11 is 0. The Labute approximate surface area is 393 Å². The second kappa shape index (κ2) is 14.3. The fourth-order valence-electron chi connectivity index (χ4n) is 13.1. The van der Waals surface area contributed by atoms with Gasteiger partial charge >= 0.3 is 0 Å². The Hall–Kier alpha value is -6.44. The minimum absolute atomic E-state index is 0.00895. The molecule has 66 heavy (non-hydrogen) atoms. The Balaban J connectivity index is 1.27. The number of para-hydroxylation sites is 1. The smallest absolute Gasteiger partial charge is 0.0726 e. The SMILES string of the molecule is CC1(C)CCC(C)(C)c2cc(N(c3ccccc3)c3cc4c(cc3-c3cccc5c3C(C)(C)CCC5(C)C)-c3ccccc3C43c4ccccc4-c4ccccc43)c(-c3ccccc3)cc21. The van der Waals surface area contributed by atoms with E-state index in [0.717, 1.165) is 24.9 Å². The lowest BCUT2D eigenvalue weighted by atomic mass is 9.61. The summed E-state index contributed by atoms with van der Waals surface area (Å²) in [5.74, 6) is 0. The molecular weight excluding hydrogens is 795 g/mol. The van der Waals surface area contributed by atoms with E-state index in [9.17, 15) is 0 Å². The Morgan fingerprint density at radius 2 is 0.727 bits per heavy atom. The molecule has 8 aromatic rings. The van der Waals surface area contributed by atoms with Gasteiger partial charge in [0.15, 0.2) is 0 Å². The quantitative estimate of drug-likeness (QED) is 0.167. The monoisotopic (exact) mass is 855 g/mol. The van der Waals surface area contributed by atoms with Crippen molar-refractivity contribution in [3.05, 3.63) is 220 Å². The van der Waals surface area contributed by atoms with Gasteiger partial charge in [0.05, 0.1) is 16.8 Å². The van der Waals surface area contributed by atoms with Gasteiger partial charge in [-0.2, -0.15) is 0 Å². The summed E-state index contributed by atoms with van der Waals surface area (Å²) in [7, 11) is 0. The number of fused-ring (bicyclic) bond motifs is 12. The summed E-state index contributed by atoms with van der Waals surface area (Å²) in [5.41, 5.74) is 25.0. The maximum absolute atomic E-state index is 2.67. The molecule has 4 aliphatic rings. The molecule has 1 nitrogen and oxygen atoms in total. The maximum Gasteiger partial charge on any atom is 0.0726 e. The van der Waals surface area contributed by atoms with Crippen molar-refractivity contribution < 1.29 is 0 Å². The first-order valence-corrected chi connectivity index (χ1v) is 24.4. The van der Waals surface area contributed by atoms with Crippen LogP contribution < -0.4 is 4.90 Å². The molecule has 12 rings (SSSR count). The van der Waals surface area contributed by atoms with Crippen molar-refractivity contribution in [2.45, 2.75) is 108 Å². The molecule has 0 aliphatic heterocycles. The number of hydrogen-bond donors (Lipinski definition) is 0. The predicted octanol–water partition coefficient (Wildman–Crippen LogP) is 17.5. The fraction of sp³-hybridized carbons (Fsp3) is 0.262. The average Bonchev–Trinajstić information content (AvgIpc) is 3.79. The van der Waals surface area contributed by atoms with E-state index in [0.29, 0.717) is 0 Å². The van der Waals surface area contributed by atoms with Gasteiger partial charge in [-0.15, -0.1) is 0 Å². The minimum Gasteiger partial charge on any atom is -0.309 e. The van der Waals surface area contributed by atoms with Gasteiger partial charge in [-0.05, 0) is 162 Å². The van der Waals surface area contributed by atoms with Crippen LogP contribution in [-0.4, -0.2) is 0 Å². The van der Waals surface area contributed by atoms with Crippen molar-refractivity contribution in [3.8, 4) is 44.5 Å². The highest BCUT2D eigenvalue weighted by Gasteiger charge is 2.52. The molecule has 0 saturated heterocycles. The lowest BCUT2D eigenvalue weighted by Crippen LogP contribution is -2.34. The standard InChI is InChI=1S/C65H61N/c1-61(2)36-37-64(7,8)60-47(29-21-33-54(60)61)50-38-49-46-28-17-20-32-53(46)65(51-30-18-15-26-44(51)45-27-16-19-31-52(45)65)55(49)40-59(50)66(43-24-13-10-14-25-43)58-41-57-56(62(3,4)34-35-63(57,5)6)39-48(58)42-22-11-9-12-23-42/h9-33,38-41H,34-37H2,1-8H3. The van der Waals surface area contributed by atoms with Gasteiger partial charge in [0.1, 0.15) is 0 Å². The Morgan fingerprint density at radius 3 is 1.32 bits per heavy atom. The third-order valence-corrected chi connectivity index (χ3v) is 16.8. The first-order valence-electron chi connectivity index (χ1n) is 24.4. The molecule has 0 N–H and O–H groups in total. The molecule has 0 aromatic heterocycles. The van der Waals surface area contributed by atoms with Crippen LogP contribution in [0.25, 0.3) is 44.5 Å². The molecular formula is C65H61N. The lowest BCUT2D eigenvalue weighted by Gasteiger charge is -2.44. The zero-order valence-electron chi connectivity index (χ0n) is 40.0. The maximum atomic E-state index is 2.67. The molecule has 0 amide bonds. The topological polar surface area (TPSA) is 3.24 Å². The molecule has 0 radical (unpaired) electrons. The van der Waals surface area contributed by atoms with Gasteiger partial charge in [0.2, 0.25) is 0 Å². The van der Waals surface area contributed by atoms with Crippen LogP contribution >= 0.6 is 0 Å². The Bertz CT molecular complexity index is 3210. The van der Waals surface area contributed by atoms with E-state index < -0.39 is 5.41 Å². The van der Waals surface area contributed by atoms with Gasteiger partial charge in [0.25, 0.3) is 0 Å². The normalized spacial score (nSPS) is 18.1. The van der Waals surface area contributed by atoms with Crippen LogP contribution in [0.2, 0.25) is 0 Å². The van der Waals surface area contributed by atoms with Gasteiger partial charge in [-0.25, -0.2) is 0 Å². The molecule has 326 valence electrons. The van der Waals surface area contributed by atoms with Crippen molar-refractivity contribution in [1.82, 2.24) is 0 Å². The van der Waals surface area contributed by atoms with Crippen molar-refractivity contribution in [2.75, 3.05) is 4.90 Å². The summed E-state index contributed by atoms with van der Waals surface area (Å²) in [6, 6.07) is 67.9. The fourth-order valence-corrected chi connectivity index (χ4v) is 13.1. The molecule has 0 fully saturated rings. The molecule has 8 aromatic carbocycles. The first-order chi connectivity index (χ1) is 31.7. The van der Waals surface area contributed by atoms with Gasteiger partial charge in [-0.3, -0.25) is 0 Å². The lowest BCUT2D eigenvalue weighted by molar-refractivity contribution is 0.332. The van der Waals surface area contributed by atoms with Crippen LogP contribution in [0.1, 0.15) is 126 Å². The minimum atomic E-state index is -0.490. The summed E-state index contributed by atoms with van der Waals surface area (Å²) in [5, 5.41) is 0. The van der Waals surface area contributed by atoms with Gasteiger partial charge < -0.3 is 4.90 Å². The number of benzene rings is 8. The number of nitrogens with zero attached hydrogens (tertiary/aromatic N) is 1. The molecule has 0 unspecified atom stereocenters. The molecule has 1 spiro atoms. The van der Waals surface area contributed by atoms with Gasteiger partial charge in [-0.1, -0.05) is 195 Å². The van der Waals surface area contributed by atoms with Gasteiger partial charge in [0, 0.05) is 16.8 Å². The average molecular weight is 856 g/mol. The summed E-state index contributed by atoms with van der Waals surface area (Å²) in [4.78, 5) is 2.67. The Kier molecular flexibility index (Phi) is 8.88. The van der Waals surface area contributed by atoms with Crippen LogP contribution in [0.3, 0.4) is 0 Å². The number of hydrogen-bond acceptors (Lipinski definition) is 1. The largest absolute Gasteiger partial charge is 0.309 e. The van der Waals surface area contributed by atoms with E-state index in [1.807, 2.05) is 0 Å². The van der Waals surface area contributed by atoms with Crippen molar-refractivity contribution in [2.24, 2.45) is 0 Å². The first kappa shape index (κ1) is 41.0. The molecule has 1 heteroatoms. The van der Waals surface area contributed by atoms with Crippen LogP contribution in [0, 0.1) is 0 Å². The van der Waals surface area contributed by atoms with Crippen LogP contribution in [0.4, 0.5) is 17.1 Å².